The highest BCUT2D eigenvalue weighted by Gasteiger charge is 2.29. The standard InChI is InChI=1S/C24H29N3O4S/c1-3-11-26(18-20-7-5-19(17-25)6-8-20)24(28)22-10-9-21(4-2)23(16-22)32(29,30)27-12-14-31-15-13-27/h5-10,16H,3-4,11-15,18H2,1-2H3. The topological polar surface area (TPSA) is 90.7 Å². The van der Waals surface area contributed by atoms with E-state index in [2.05, 4.69) is 6.07 Å². The van der Waals surface area contributed by atoms with Crippen molar-refractivity contribution in [3.05, 3.63) is 64.7 Å². The van der Waals surface area contributed by atoms with Crippen molar-refractivity contribution in [3.8, 4) is 6.07 Å². The molecule has 0 aromatic heterocycles. The van der Waals surface area contributed by atoms with Crippen LogP contribution < -0.4 is 0 Å². The molecule has 0 saturated carbocycles. The first-order valence-corrected chi connectivity index (χ1v) is 12.3. The summed E-state index contributed by atoms with van der Waals surface area (Å²) in [6, 6.07) is 14.2. The molecule has 0 bridgehead atoms. The summed E-state index contributed by atoms with van der Waals surface area (Å²) in [6.45, 7) is 6.19. The van der Waals surface area contributed by atoms with Crippen LogP contribution >= 0.6 is 0 Å². The van der Waals surface area contributed by atoms with Crippen molar-refractivity contribution in [1.82, 2.24) is 9.21 Å². The van der Waals surface area contributed by atoms with Crippen LogP contribution in [0, 0.1) is 11.3 Å². The number of sulfonamides is 1. The second-order valence-corrected chi connectivity index (χ2v) is 9.63. The molecule has 0 atom stereocenters. The van der Waals surface area contributed by atoms with Gasteiger partial charge in [0, 0.05) is 31.7 Å². The first-order chi connectivity index (χ1) is 15.4. The Hall–Kier alpha value is -2.73. The van der Waals surface area contributed by atoms with Crippen LogP contribution in [0.15, 0.2) is 47.4 Å². The SMILES string of the molecule is CCCN(Cc1ccc(C#N)cc1)C(=O)c1ccc(CC)c(S(=O)(=O)N2CCOCC2)c1. The van der Waals surface area contributed by atoms with E-state index in [0.29, 0.717) is 62.5 Å². The van der Waals surface area contributed by atoms with Gasteiger partial charge < -0.3 is 9.64 Å². The van der Waals surface area contributed by atoms with Gasteiger partial charge in [-0.2, -0.15) is 9.57 Å². The van der Waals surface area contributed by atoms with Gasteiger partial charge in [0.05, 0.1) is 29.7 Å². The van der Waals surface area contributed by atoms with E-state index >= 15 is 0 Å². The fourth-order valence-corrected chi connectivity index (χ4v) is 5.48. The van der Waals surface area contributed by atoms with Gasteiger partial charge in [-0.3, -0.25) is 4.79 Å². The Kier molecular flexibility index (Phi) is 8.02. The summed E-state index contributed by atoms with van der Waals surface area (Å²) in [5.74, 6) is -0.211. The fraction of sp³-hybridized carbons (Fsp3) is 0.417. The predicted octanol–water partition coefficient (Wildman–Crippen LogP) is 3.19. The molecule has 0 N–H and O–H groups in total. The minimum Gasteiger partial charge on any atom is -0.379 e. The van der Waals surface area contributed by atoms with E-state index in [1.807, 2.05) is 26.0 Å². The van der Waals surface area contributed by atoms with Crippen molar-refractivity contribution in [3.63, 3.8) is 0 Å². The Morgan fingerprint density at radius 3 is 2.41 bits per heavy atom. The summed E-state index contributed by atoms with van der Waals surface area (Å²) in [5.41, 5.74) is 2.53. The highest BCUT2D eigenvalue weighted by molar-refractivity contribution is 7.89. The number of carbonyl (C=O) groups is 1. The lowest BCUT2D eigenvalue weighted by Crippen LogP contribution is -2.41. The maximum absolute atomic E-state index is 13.4. The lowest BCUT2D eigenvalue weighted by Gasteiger charge is -2.27. The van der Waals surface area contributed by atoms with Crippen molar-refractivity contribution in [2.24, 2.45) is 0 Å². The maximum atomic E-state index is 13.4. The van der Waals surface area contributed by atoms with Crippen molar-refractivity contribution in [1.29, 1.82) is 5.26 Å². The molecule has 1 aliphatic rings. The molecule has 32 heavy (non-hydrogen) atoms. The number of morpholine rings is 1. The van der Waals surface area contributed by atoms with Crippen LogP contribution in [0.5, 0.6) is 0 Å². The van der Waals surface area contributed by atoms with Gasteiger partial charge in [-0.1, -0.05) is 32.0 Å². The molecule has 2 aromatic carbocycles. The molecule has 1 amide bonds. The first-order valence-electron chi connectivity index (χ1n) is 10.9. The molecule has 0 spiro atoms. The van der Waals surface area contributed by atoms with Crippen LogP contribution in [-0.2, 0) is 27.7 Å². The zero-order valence-corrected chi connectivity index (χ0v) is 19.4. The van der Waals surface area contributed by atoms with Crippen molar-refractivity contribution in [2.45, 2.75) is 38.1 Å². The third kappa shape index (κ3) is 5.36. The molecular weight excluding hydrogens is 426 g/mol. The van der Waals surface area contributed by atoms with Gasteiger partial charge >= 0.3 is 0 Å². The van der Waals surface area contributed by atoms with E-state index in [1.54, 1.807) is 29.2 Å². The second-order valence-electron chi connectivity index (χ2n) is 7.73. The van der Waals surface area contributed by atoms with Crippen LogP contribution in [-0.4, -0.2) is 56.4 Å². The van der Waals surface area contributed by atoms with Crippen molar-refractivity contribution >= 4 is 15.9 Å². The van der Waals surface area contributed by atoms with E-state index in [4.69, 9.17) is 10.00 Å². The molecule has 1 saturated heterocycles. The molecule has 1 aliphatic heterocycles. The average molecular weight is 456 g/mol. The quantitative estimate of drug-likeness (QED) is 0.610. The number of rotatable bonds is 8. The number of carbonyl (C=O) groups excluding carboxylic acids is 1. The Bertz CT molecular complexity index is 1090. The average Bonchev–Trinajstić information content (AvgIpc) is 2.84. The molecule has 0 aliphatic carbocycles. The smallest absolute Gasteiger partial charge is 0.254 e. The summed E-state index contributed by atoms with van der Waals surface area (Å²) in [6.07, 6.45) is 1.32. The first kappa shape index (κ1) is 23.9. The number of aryl methyl sites for hydroxylation is 1. The van der Waals surface area contributed by atoms with Crippen LogP contribution in [0.2, 0.25) is 0 Å². The summed E-state index contributed by atoms with van der Waals surface area (Å²) in [4.78, 5) is 15.3. The molecule has 170 valence electrons. The lowest BCUT2D eigenvalue weighted by molar-refractivity contribution is 0.0728. The summed E-state index contributed by atoms with van der Waals surface area (Å²) in [7, 11) is -3.71. The van der Waals surface area contributed by atoms with Gasteiger partial charge in [0.15, 0.2) is 0 Å². The third-order valence-corrected chi connectivity index (χ3v) is 7.50. The van der Waals surface area contributed by atoms with E-state index in [0.717, 1.165) is 12.0 Å². The van der Waals surface area contributed by atoms with Crippen molar-refractivity contribution < 1.29 is 17.9 Å². The molecule has 2 aromatic rings. The fourth-order valence-electron chi connectivity index (χ4n) is 3.76. The zero-order chi connectivity index (χ0) is 23.1. The minimum absolute atomic E-state index is 0.197. The number of ether oxygens (including phenoxy) is 1. The molecule has 0 radical (unpaired) electrons. The van der Waals surface area contributed by atoms with Crippen LogP contribution in [0.25, 0.3) is 0 Å². The Morgan fingerprint density at radius 2 is 1.81 bits per heavy atom. The van der Waals surface area contributed by atoms with Crippen molar-refractivity contribution in [2.75, 3.05) is 32.8 Å². The Labute approximate surface area is 190 Å². The van der Waals surface area contributed by atoms with Crippen LogP contribution in [0.4, 0.5) is 0 Å². The van der Waals surface area contributed by atoms with Gasteiger partial charge in [-0.25, -0.2) is 8.42 Å². The maximum Gasteiger partial charge on any atom is 0.254 e. The van der Waals surface area contributed by atoms with Gasteiger partial charge in [0.2, 0.25) is 10.0 Å². The van der Waals surface area contributed by atoms with Crippen LogP contribution in [0.3, 0.4) is 0 Å². The number of amides is 1. The Balaban J connectivity index is 1.91. The molecule has 0 unspecified atom stereocenters. The molecule has 8 heteroatoms. The molecular formula is C24H29N3O4S. The highest BCUT2D eigenvalue weighted by Crippen LogP contribution is 2.24. The van der Waals surface area contributed by atoms with Gasteiger partial charge in [0.1, 0.15) is 0 Å². The largest absolute Gasteiger partial charge is 0.379 e. The zero-order valence-electron chi connectivity index (χ0n) is 18.6. The number of hydrogen-bond donors (Lipinski definition) is 0. The van der Waals surface area contributed by atoms with Gasteiger partial charge in [-0.05, 0) is 48.2 Å². The summed E-state index contributed by atoms with van der Waals surface area (Å²) >= 11 is 0. The Morgan fingerprint density at radius 1 is 1.12 bits per heavy atom. The second kappa shape index (κ2) is 10.7. The van der Waals surface area contributed by atoms with E-state index in [1.165, 1.54) is 10.4 Å². The molecule has 1 fully saturated rings. The highest BCUT2D eigenvalue weighted by atomic mass is 32.2. The number of nitriles is 1. The summed E-state index contributed by atoms with van der Waals surface area (Å²) < 4.78 is 33.3. The number of hydrogen-bond acceptors (Lipinski definition) is 5. The predicted molar refractivity (Wildman–Crippen MR) is 122 cm³/mol. The number of benzene rings is 2. The molecule has 7 nitrogen and oxygen atoms in total. The number of nitrogens with zero attached hydrogens (tertiary/aromatic N) is 3. The van der Waals surface area contributed by atoms with E-state index < -0.39 is 10.0 Å². The minimum atomic E-state index is -3.71. The third-order valence-electron chi connectivity index (χ3n) is 5.52. The van der Waals surface area contributed by atoms with Gasteiger partial charge in [-0.15, -0.1) is 0 Å². The normalized spacial score (nSPS) is 14.7. The summed E-state index contributed by atoms with van der Waals surface area (Å²) in [5, 5.41) is 8.99. The van der Waals surface area contributed by atoms with Crippen LogP contribution in [0.1, 0.15) is 47.3 Å². The molecule has 1 heterocycles. The monoisotopic (exact) mass is 455 g/mol. The van der Waals surface area contributed by atoms with E-state index in [-0.39, 0.29) is 10.8 Å². The van der Waals surface area contributed by atoms with Gasteiger partial charge in [0.25, 0.3) is 5.91 Å². The lowest BCUT2D eigenvalue weighted by atomic mass is 10.1. The van der Waals surface area contributed by atoms with E-state index in [9.17, 15) is 13.2 Å². The molecule has 3 rings (SSSR count).